The van der Waals surface area contributed by atoms with Gasteiger partial charge in [0, 0.05) is 19.3 Å². The zero-order valence-corrected chi connectivity index (χ0v) is 18.6. The van der Waals surface area contributed by atoms with Crippen molar-refractivity contribution in [3.63, 3.8) is 0 Å². The average molecular weight is 470 g/mol. The second-order valence-corrected chi connectivity index (χ2v) is 10.6. The number of guanidine groups is 1. The molecule has 2 unspecified atom stereocenters. The van der Waals surface area contributed by atoms with Crippen LogP contribution in [-0.4, -0.2) is 48.7 Å². The molecule has 12 heteroatoms. The van der Waals surface area contributed by atoms with Crippen molar-refractivity contribution < 1.29 is 17.9 Å². The lowest BCUT2D eigenvalue weighted by Gasteiger charge is -2.44. The lowest BCUT2D eigenvalue weighted by molar-refractivity contribution is 0.00334. The number of aromatic nitrogens is 1. The number of nitrogens with one attached hydrogen (secondary N) is 1. The number of anilines is 1. The molecule has 2 aromatic heterocycles. The molecular weight excluding hydrogens is 450 g/mol. The van der Waals surface area contributed by atoms with Gasteiger partial charge in [0.25, 0.3) is 15.9 Å². The van der Waals surface area contributed by atoms with Crippen LogP contribution in [0.3, 0.4) is 0 Å². The third-order valence-corrected chi connectivity index (χ3v) is 8.81. The van der Waals surface area contributed by atoms with Crippen LogP contribution in [0.1, 0.15) is 33.1 Å². The predicted molar refractivity (Wildman–Crippen MR) is 115 cm³/mol. The number of aryl methyl sites for hydroxylation is 1. The molecule has 1 saturated heterocycles. The molecule has 4 heterocycles. The molecule has 30 heavy (non-hydrogen) atoms. The lowest BCUT2D eigenvalue weighted by atomic mass is 9.91. The Morgan fingerprint density at radius 2 is 2.23 bits per heavy atom. The normalized spacial score (nSPS) is 25.4. The van der Waals surface area contributed by atoms with Crippen molar-refractivity contribution in [3.05, 3.63) is 44.7 Å². The minimum Gasteiger partial charge on any atom is -0.369 e. The Kier molecular flexibility index (Phi) is 5.25. The van der Waals surface area contributed by atoms with E-state index in [2.05, 4.69) is 15.3 Å². The fourth-order valence-corrected chi connectivity index (χ4v) is 6.91. The summed E-state index contributed by atoms with van der Waals surface area (Å²) < 4.78 is 32.5. The number of halogens is 1. The van der Waals surface area contributed by atoms with Gasteiger partial charge in [0.15, 0.2) is 0 Å². The van der Waals surface area contributed by atoms with Crippen molar-refractivity contribution in [1.29, 1.82) is 0 Å². The first-order valence-corrected chi connectivity index (χ1v) is 11.8. The van der Waals surface area contributed by atoms with Crippen LogP contribution in [0.2, 0.25) is 5.02 Å². The second kappa shape index (κ2) is 7.49. The molecule has 1 amide bonds. The number of thiophene rings is 1. The highest BCUT2D eigenvalue weighted by molar-refractivity contribution is 7.90. The number of hydrogen-bond donors (Lipinski definition) is 2. The number of amides is 1. The van der Waals surface area contributed by atoms with Crippen LogP contribution in [0.4, 0.5) is 5.82 Å². The standard InChI is InChI=1S/C18H20ClN5O4S2/c1-10-5-3-6-13(21-10)22-15(25)12-9-11(19)14(29-12)18-7-4-8-28-16(18)30(26,27)24(2)17(20)23-18/h3,5-6,9,16H,4,7-8H2,1-2H3,(H2,20,23)(H,21,22,25). The van der Waals surface area contributed by atoms with E-state index in [0.29, 0.717) is 28.4 Å². The smallest absolute Gasteiger partial charge is 0.267 e. The van der Waals surface area contributed by atoms with Gasteiger partial charge < -0.3 is 15.8 Å². The Morgan fingerprint density at radius 1 is 1.47 bits per heavy atom. The summed E-state index contributed by atoms with van der Waals surface area (Å²) in [5, 5.41) is 2.97. The van der Waals surface area contributed by atoms with Crippen molar-refractivity contribution in [2.45, 2.75) is 30.7 Å². The minimum atomic E-state index is -3.91. The molecule has 1 fully saturated rings. The number of nitrogens with two attached hydrogens (primary N) is 1. The van der Waals surface area contributed by atoms with Crippen LogP contribution in [0.15, 0.2) is 29.3 Å². The molecule has 160 valence electrons. The van der Waals surface area contributed by atoms with E-state index >= 15 is 0 Å². The highest BCUT2D eigenvalue weighted by Crippen LogP contribution is 2.49. The van der Waals surface area contributed by atoms with Gasteiger partial charge in [-0.05, 0) is 38.0 Å². The SMILES string of the molecule is Cc1cccc(NC(=O)c2cc(Cl)c(C34CCCOC3S(=O)(=O)N(C)C(N)=N4)s2)n1. The first-order valence-electron chi connectivity index (χ1n) is 9.14. The van der Waals surface area contributed by atoms with Gasteiger partial charge in [-0.1, -0.05) is 17.7 Å². The zero-order chi connectivity index (χ0) is 21.7. The summed E-state index contributed by atoms with van der Waals surface area (Å²) in [7, 11) is -2.57. The summed E-state index contributed by atoms with van der Waals surface area (Å²) in [6.07, 6.45) is 0.960. The van der Waals surface area contributed by atoms with Gasteiger partial charge in [0.05, 0.1) is 14.8 Å². The number of carbonyl (C=O) groups is 1. The van der Waals surface area contributed by atoms with Crippen molar-refractivity contribution in [3.8, 4) is 0 Å². The molecule has 0 bridgehead atoms. The third kappa shape index (κ3) is 3.35. The van der Waals surface area contributed by atoms with E-state index in [9.17, 15) is 13.2 Å². The molecule has 0 aliphatic carbocycles. The molecule has 2 aliphatic rings. The highest BCUT2D eigenvalue weighted by Gasteiger charge is 2.57. The third-order valence-electron chi connectivity index (χ3n) is 5.08. The van der Waals surface area contributed by atoms with E-state index in [0.717, 1.165) is 21.3 Å². The number of aliphatic imine (C=N–C) groups is 1. The molecule has 0 radical (unpaired) electrons. The number of ether oxygens (including phenoxy) is 1. The number of sulfonamides is 1. The largest absolute Gasteiger partial charge is 0.369 e. The summed E-state index contributed by atoms with van der Waals surface area (Å²) in [6.45, 7) is 2.10. The average Bonchev–Trinajstić information content (AvgIpc) is 3.09. The molecule has 2 aliphatic heterocycles. The van der Waals surface area contributed by atoms with Crippen LogP contribution in [-0.2, 0) is 20.3 Å². The number of nitrogens with zero attached hydrogens (tertiary/aromatic N) is 3. The zero-order valence-electron chi connectivity index (χ0n) is 16.3. The van der Waals surface area contributed by atoms with E-state index in [1.807, 2.05) is 13.0 Å². The van der Waals surface area contributed by atoms with E-state index < -0.39 is 26.9 Å². The van der Waals surface area contributed by atoms with Crippen LogP contribution in [0, 0.1) is 6.92 Å². The number of pyridine rings is 1. The highest BCUT2D eigenvalue weighted by atomic mass is 35.5. The van der Waals surface area contributed by atoms with E-state index in [4.69, 9.17) is 22.1 Å². The van der Waals surface area contributed by atoms with E-state index in [-0.39, 0.29) is 17.6 Å². The van der Waals surface area contributed by atoms with Gasteiger partial charge in [0.1, 0.15) is 11.4 Å². The van der Waals surface area contributed by atoms with Gasteiger partial charge in [0.2, 0.25) is 11.4 Å². The number of hydrogen-bond acceptors (Lipinski definition) is 8. The number of fused-ring (bicyclic) bond motifs is 1. The summed E-state index contributed by atoms with van der Waals surface area (Å²) >= 11 is 7.56. The van der Waals surface area contributed by atoms with E-state index in [1.165, 1.54) is 13.1 Å². The maximum absolute atomic E-state index is 13.0. The van der Waals surface area contributed by atoms with Crippen LogP contribution in [0.5, 0.6) is 0 Å². The molecule has 9 nitrogen and oxygen atoms in total. The molecular formula is C18H20ClN5O4S2. The molecule has 2 atom stereocenters. The lowest BCUT2D eigenvalue weighted by Crippen LogP contribution is -2.59. The summed E-state index contributed by atoms with van der Waals surface area (Å²) in [6, 6.07) is 6.79. The molecule has 0 aromatic carbocycles. The van der Waals surface area contributed by atoms with Gasteiger partial charge in [-0.3, -0.25) is 4.79 Å². The first-order chi connectivity index (χ1) is 14.1. The van der Waals surface area contributed by atoms with Crippen LogP contribution in [0.25, 0.3) is 0 Å². The Hall–Kier alpha value is -2.21. The molecule has 0 saturated carbocycles. The van der Waals surface area contributed by atoms with Crippen molar-refractivity contribution in [2.24, 2.45) is 10.7 Å². The monoisotopic (exact) mass is 469 g/mol. The van der Waals surface area contributed by atoms with Crippen molar-refractivity contribution in [1.82, 2.24) is 9.29 Å². The van der Waals surface area contributed by atoms with E-state index in [1.54, 1.807) is 12.1 Å². The van der Waals surface area contributed by atoms with Gasteiger partial charge in [-0.2, -0.15) is 0 Å². The quantitative estimate of drug-likeness (QED) is 0.709. The van der Waals surface area contributed by atoms with Crippen LogP contribution >= 0.6 is 22.9 Å². The Morgan fingerprint density at radius 3 is 2.97 bits per heavy atom. The maximum Gasteiger partial charge on any atom is 0.267 e. The minimum absolute atomic E-state index is 0.142. The topological polar surface area (TPSA) is 127 Å². The summed E-state index contributed by atoms with van der Waals surface area (Å²) in [5.41, 5.74) is 4.14. The molecule has 0 spiro atoms. The fraction of sp³-hybridized carbons (Fsp3) is 0.389. The van der Waals surface area contributed by atoms with Gasteiger partial charge >= 0.3 is 0 Å². The van der Waals surface area contributed by atoms with Crippen molar-refractivity contribution in [2.75, 3.05) is 19.0 Å². The van der Waals surface area contributed by atoms with Crippen molar-refractivity contribution >= 4 is 50.6 Å². The summed E-state index contributed by atoms with van der Waals surface area (Å²) in [4.78, 5) is 22.3. The number of rotatable bonds is 3. The Labute approximate surface area is 183 Å². The Balaban J connectivity index is 1.75. The second-order valence-electron chi connectivity index (χ2n) is 7.12. The fourth-order valence-electron chi connectivity index (χ4n) is 3.62. The van der Waals surface area contributed by atoms with Gasteiger partial charge in [-0.25, -0.2) is 22.7 Å². The van der Waals surface area contributed by atoms with Crippen LogP contribution < -0.4 is 11.1 Å². The molecule has 2 aromatic rings. The summed E-state index contributed by atoms with van der Waals surface area (Å²) in [5.74, 6) is -0.132. The Bertz CT molecular complexity index is 1150. The maximum atomic E-state index is 13.0. The van der Waals surface area contributed by atoms with Gasteiger partial charge in [-0.15, -0.1) is 11.3 Å². The molecule has 3 N–H and O–H groups in total. The molecule has 4 rings (SSSR count). The first kappa shape index (κ1) is 21.0. The predicted octanol–water partition coefficient (Wildman–Crippen LogP) is 2.28. The number of carbonyl (C=O) groups excluding carboxylic acids is 1.